The van der Waals surface area contributed by atoms with E-state index >= 15 is 0 Å². The largest absolute Gasteiger partial charge is 0.444 e. The average molecular weight is 303 g/mol. The highest BCUT2D eigenvalue weighted by molar-refractivity contribution is 6.33. The SMILES string of the molecule is CC(CNC(=O)OC(C)(C)C)Nc1c(F)cccc1Cl. The lowest BCUT2D eigenvalue weighted by Crippen LogP contribution is -2.38. The maximum Gasteiger partial charge on any atom is 0.407 e. The summed E-state index contributed by atoms with van der Waals surface area (Å²) in [6.07, 6.45) is -0.509. The number of hydrogen-bond acceptors (Lipinski definition) is 3. The summed E-state index contributed by atoms with van der Waals surface area (Å²) in [5.41, 5.74) is -0.317. The number of hydrogen-bond donors (Lipinski definition) is 2. The highest BCUT2D eigenvalue weighted by Crippen LogP contribution is 2.25. The number of benzene rings is 1. The molecule has 1 atom stereocenters. The molecule has 0 aliphatic rings. The smallest absolute Gasteiger partial charge is 0.407 e. The standard InChI is InChI=1S/C14H20ClFN2O2/c1-9(8-17-13(19)20-14(2,3)4)18-12-10(15)6-5-7-11(12)16/h5-7,9,18H,8H2,1-4H3,(H,17,19). The van der Waals surface area contributed by atoms with E-state index < -0.39 is 17.5 Å². The maximum atomic E-state index is 13.6. The molecule has 0 saturated carbocycles. The van der Waals surface area contributed by atoms with E-state index in [9.17, 15) is 9.18 Å². The Bertz CT molecular complexity index is 454. The molecule has 1 rings (SSSR count). The predicted octanol–water partition coefficient (Wildman–Crippen LogP) is 3.80. The molecule has 6 heteroatoms. The van der Waals surface area contributed by atoms with E-state index in [1.165, 1.54) is 12.1 Å². The normalized spacial score (nSPS) is 12.7. The number of rotatable bonds is 4. The lowest BCUT2D eigenvalue weighted by atomic mass is 10.2. The van der Waals surface area contributed by atoms with Crippen LogP contribution in [0.15, 0.2) is 18.2 Å². The van der Waals surface area contributed by atoms with Gasteiger partial charge in [-0.2, -0.15) is 0 Å². The Balaban J connectivity index is 2.48. The van der Waals surface area contributed by atoms with Crippen molar-refractivity contribution in [2.24, 2.45) is 0 Å². The van der Waals surface area contributed by atoms with Crippen LogP contribution in [0.2, 0.25) is 5.02 Å². The van der Waals surface area contributed by atoms with Crippen LogP contribution in [0.1, 0.15) is 27.7 Å². The maximum absolute atomic E-state index is 13.6. The lowest BCUT2D eigenvalue weighted by Gasteiger charge is -2.21. The molecule has 0 fully saturated rings. The summed E-state index contributed by atoms with van der Waals surface area (Å²) in [5.74, 6) is -0.429. The molecule has 0 heterocycles. The van der Waals surface area contributed by atoms with Gasteiger partial charge in [-0.3, -0.25) is 0 Å². The molecular formula is C14H20ClFN2O2. The van der Waals surface area contributed by atoms with Gasteiger partial charge >= 0.3 is 6.09 Å². The average Bonchev–Trinajstić information content (AvgIpc) is 2.29. The molecule has 0 aromatic heterocycles. The van der Waals surface area contributed by atoms with Crippen LogP contribution in [-0.2, 0) is 4.74 Å². The van der Waals surface area contributed by atoms with Crippen molar-refractivity contribution in [1.29, 1.82) is 0 Å². The minimum absolute atomic E-state index is 0.197. The molecular weight excluding hydrogens is 283 g/mol. The van der Waals surface area contributed by atoms with Gasteiger partial charge in [0, 0.05) is 12.6 Å². The number of ether oxygens (including phenoxy) is 1. The number of halogens is 2. The van der Waals surface area contributed by atoms with Crippen LogP contribution >= 0.6 is 11.6 Å². The van der Waals surface area contributed by atoms with Crippen LogP contribution in [-0.4, -0.2) is 24.3 Å². The van der Waals surface area contributed by atoms with Crippen molar-refractivity contribution in [3.8, 4) is 0 Å². The first-order valence-electron chi connectivity index (χ1n) is 6.36. The first-order valence-corrected chi connectivity index (χ1v) is 6.74. The van der Waals surface area contributed by atoms with Crippen LogP contribution in [0.5, 0.6) is 0 Å². The molecule has 2 N–H and O–H groups in total. The zero-order valence-electron chi connectivity index (χ0n) is 12.1. The van der Waals surface area contributed by atoms with Crippen molar-refractivity contribution in [3.05, 3.63) is 29.0 Å². The third kappa shape index (κ3) is 5.65. The second-order valence-electron chi connectivity index (χ2n) is 5.52. The van der Waals surface area contributed by atoms with Gasteiger partial charge < -0.3 is 15.4 Å². The third-order valence-corrected chi connectivity index (χ3v) is 2.62. The van der Waals surface area contributed by atoms with Gasteiger partial charge in [0.25, 0.3) is 0 Å². The molecule has 0 aliphatic heterocycles. The summed E-state index contributed by atoms with van der Waals surface area (Å²) in [6, 6.07) is 4.26. The van der Waals surface area contributed by atoms with Crippen molar-refractivity contribution in [2.75, 3.05) is 11.9 Å². The Kier molecular flexibility index (Phi) is 5.62. The molecule has 0 bridgehead atoms. The van der Waals surface area contributed by atoms with E-state index in [4.69, 9.17) is 16.3 Å². The summed E-state index contributed by atoms with van der Waals surface area (Å²) >= 11 is 5.91. The molecule has 1 amide bonds. The fourth-order valence-electron chi connectivity index (χ4n) is 1.48. The van der Waals surface area contributed by atoms with E-state index in [0.29, 0.717) is 11.6 Å². The second kappa shape index (κ2) is 6.79. The molecule has 0 spiro atoms. The minimum Gasteiger partial charge on any atom is -0.444 e. The summed E-state index contributed by atoms with van der Waals surface area (Å²) < 4.78 is 18.7. The quantitative estimate of drug-likeness (QED) is 0.889. The number of anilines is 1. The zero-order valence-corrected chi connectivity index (χ0v) is 12.8. The number of amides is 1. The number of alkyl carbamates (subject to hydrolysis) is 1. The third-order valence-electron chi connectivity index (χ3n) is 2.30. The fraction of sp³-hybridized carbons (Fsp3) is 0.500. The van der Waals surface area contributed by atoms with Crippen molar-refractivity contribution in [1.82, 2.24) is 5.32 Å². The van der Waals surface area contributed by atoms with Crippen molar-refractivity contribution < 1.29 is 13.9 Å². The van der Waals surface area contributed by atoms with E-state index in [1.807, 2.05) is 0 Å². The Labute approximate surface area is 123 Å². The minimum atomic E-state index is -0.546. The Morgan fingerprint density at radius 2 is 2.10 bits per heavy atom. The summed E-state index contributed by atoms with van der Waals surface area (Å²) in [5, 5.41) is 5.83. The number of carbonyl (C=O) groups is 1. The first kappa shape index (κ1) is 16.6. The monoisotopic (exact) mass is 302 g/mol. The highest BCUT2D eigenvalue weighted by Gasteiger charge is 2.17. The van der Waals surface area contributed by atoms with Crippen LogP contribution in [0.4, 0.5) is 14.9 Å². The van der Waals surface area contributed by atoms with E-state index in [0.717, 1.165) is 0 Å². The van der Waals surface area contributed by atoms with E-state index in [1.54, 1.807) is 33.8 Å². The molecule has 0 radical (unpaired) electrons. The molecule has 1 aromatic rings. The van der Waals surface area contributed by atoms with Gasteiger partial charge in [0.2, 0.25) is 0 Å². The molecule has 112 valence electrons. The summed E-state index contributed by atoms with van der Waals surface area (Å²) in [4.78, 5) is 11.5. The van der Waals surface area contributed by atoms with Crippen molar-refractivity contribution in [3.63, 3.8) is 0 Å². The lowest BCUT2D eigenvalue weighted by molar-refractivity contribution is 0.0526. The number of para-hydroxylation sites is 1. The van der Waals surface area contributed by atoms with Gasteiger partial charge in [0.15, 0.2) is 0 Å². The van der Waals surface area contributed by atoms with Gasteiger partial charge in [0.1, 0.15) is 11.4 Å². The molecule has 1 aromatic carbocycles. The number of nitrogens with one attached hydrogen (secondary N) is 2. The van der Waals surface area contributed by atoms with E-state index in [2.05, 4.69) is 10.6 Å². The zero-order chi connectivity index (χ0) is 15.3. The van der Waals surface area contributed by atoms with Gasteiger partial charge in [-0.1, -0.05) is 17.7 Å². The van der Waals surface area contributed by atoms with Gasteiger partial charge in [-0.25, -0.2) is 9.18 Å². The van der Waals surface area contributed by atoms with Crippen LogP contribution < -0.4 is 10.6 Å². The van der Waals surface area contributed by atoms with Crippen LogP contribution in [0.3, 0.4) is 0 Å². The van der Waals surface area contributed by atoms with Crippen molar-refractivity contribution in [2.45, 2.75) is 39.3 Å². The molecule has 4 nitrogen and oxygen atoms in total. The fourth-order valence-corrected chi connectivity index (χ4v) is 1.70. The molecule has 0 saturated heterocycles. The summed E-state index contributed by atoms with van der Waals surface area (Å²) in [7, 11) is 0. The molecule has 0 aliphatic carbocycles. The number of carbonyl (C=O) groups excluding carboxylic acids is 1. The molecule has 1 unspecified atom stereocenters. The second-order valence-corrected chi connectivity index (χ2v) is 5.93. The Hall–Kier alpha value is -1.49. The van der Waals surface area contributed by atoms with Crippen LogP contribution in [0.25, 0.3) is 0 Å². The predicted molar refractivity (Wildman–Crippen MR) is 78.7 cm³/mol. The topological polar surface area (TPSA) is 50.4 Å². The Morgan fingerprint density at radius 3 is 2.65 bits per heavy atom. The molecule has 20 heavy (non-hydrogen) atoms. The highest BCUT2D eigenvalue weighted by atomic mass is 35.5. The Morgan fingerprint density at radius 1 is 1.45 bits per heavy atom. The summed E-state index contributed by atoms with van der Waals surface area (Å²) in [6.45, 7) is 7.45. The van der Waals surface area contributed by atoms with Crippen LogP contribution in [0, 0.1) is 5.82 Å². The van der Waals surface area contributed by atoms with Crippen molar-refractivity contribution >= 4 is 23.4 Å². The first-order chi connectivity index (χ1) is 9.19. The van der Waals surface area contributed by atoms with Gasteiger partial charge in [-0.15, -0.1) is 0 Å². The van der Waals surface area contributed by atoms with E-state index in [-0.39, 0.29) is 11.7 Å². The van der Waals surface area contributed by atoms with Gasteiger partial charge in [0.05, 0.1) is 10.7 Å². The van der Waals surface area contributed by atoms with Gasteiger partial charge in [-0.05, 0) is 39.8 Å².